The number of nitrogens with zero attached hydrogens (tertiary/aromatic N) is 1. The molecule has 0 aromatic heterocycles. The molecular weight excluding hydrogens is 342 g/mol. The molecule has 3 nitrogen and oxygen atoms in total. The lowest BCUT2D eigenvalue weighted by atomic mass is 10.1. The molecule has 22 heavy (non-hydrogen) atoms. The highest BCUT2D eigenvalue weighted by Gasteiger charge is 2.15. The molecule has 0 N–H and O–H groups in total. The fraction of sp³-hybridized carbons (Fsp3) is 0.167. The van der Waals surface area contributed by atoms with Crippen LogP contribution in [0.25, 0.3) is 0 Å². The molecule has 0 fully saturated rings. The second-order valence-corrected chi connectivity index (χ2v) is 5.83. The van der Waals surface area contributed by atoms with Gasteiger partial charge in [-0.25, -0.2) is 0 Å². The average Bonchev–Trinajstić information content (AvgIpc) is 2.52. The molecule has 114 valence electrons. The zero-order valence-electron chi connectivity index (χ0n) is 12.7. The average molecular weight is 360 g/mol. The van der Waals surface area contributed by atoms with Gasteiger partial charge in [-0.2, -0.15) is 0 Å². The van der Waals surface area contributed by atoms with Crippen molar-refractivity contribution in [3.8, 4) is 5.75 Å². The van der Waals surface area contributed by atoms with Gasteiger partial charge >= 0.3 is 0 Å². The molecule has 0 bridgehead atoms. The summed E-state index contributed by atoms with van der Waals surface area (Å²) in [4.78, 5) is 14.2. The molecule has 4 heteroatoms. The smallest absolute Gasteiger partial charge is 0.258 e. The number of hydrogen-bond acceptors (Lipinski definition) is 2. The van der Waals surface area contributed by atoms with Gasteiger partial charge in [0.15, 0.2) is 0 Å². The minimum absolute atomic E-state index is 0.0549. The van der Waals surface area contributed by atoms with E-state index in [1.54, 1.807) is 42.3 Å². The van der Waals surface area contributed by atoms with Crippen molar-refractivity contribution < 1.29 is 9.53 Å². The van der Waals surface area contributed by atoms with Gasteiger partial charge in [-0.1, -0.05) is 28.6 Å². The topological polar surface area (TPSA) is 29.5 Å². The molecule has 0 aliphatic carbocycles. The van der Waals surface area contributed by atoms with Gasteiger partial charge < -0.3 is 9.64 Å². The molecule has 1 amide bonds. The minimum Gasteiger partial charge on any atom is -0.490 e. The molecule has 0 spiro atoms. The van der Waals surface area contributed by atoms with Crippen molar-refractivity contribution in [2.75, 3.05) is 18.6 Å². The minimum atomic E-state index is -0.0549. The van der Waals surface area contributed by atoms with E-state index in [0.717, 1.165) is 21.5 Å². The third-order valence-corrected chi connectivity index (χ3v) is 3.79. The first-order chi connectivity index (χ1) is 10.5. The summed E-state index contributed by atoms with van der Waals surface area (Å²) in [7, 11) is 1.78. The fourth-order valence-corrected chi connectivity index (χ4v) is 2.62. The van der Waals surface area contributed by atoms with Crippen molar-refractivity contribution in [2.24, 2.45) is 0 Å². The van der Waals surface area contributed by atoms with Gasteiger partial charge in [-0.3, -0.25) is 4.79 Å². The lowest BCUT2D eigenvalue weighted by molar-refractivity contribution is 0.0993. The van der Waals surface area contributed by atoms with Crippen LogP contribution in [0.4, 0.5) is 5.69 Å². The monoisotopic (exact) mass is 359 g/mol. The maximum absolute atomic E-state index is 12.6. The quantitative estimate of drug-likeness (QED) is 0.730. The van der Waals surface area contributed by atoms with E-state index in [-0.39, 0.29) is 5.91 Å². The normalized spacial score (nSPS) is 10.1. The van der Waals surface area contributed by atoms with Gasteiger partial charge in [-0.15, -0.1) is 0 Å². The van der Waals surface area contributed by atoms with Crippen LogP contribution in [0.5, 0.6) is 5.75 Å². The second kappa shape index (κ2) is 7.27. The lowest BCUT2D eigenvalue weighted by Crippen LogP contribution is -2.26. The van der Waals surface area contributed by atoms with Crippen LogP contribution in [0, 0.1) is 6.92 Å². The van der Waals surface area contributed by atoms with Crippen LogP contribution >= 0.6 is 15.9 Å². The van der Waals surface area contributed by atoms with E-state index in [1.165, 1.54) is 0 Å². The Balaban J connectivity index is 2.17. The van der Waals surface area contributed by atoms with Crippen LogP contribution in [0.15, 0.2) is 59.6 Å². The number of ether oxygens (including phenoxy) is 1. The molecule has 2 rings (SSSR count). The summed E-state index contributed by atoms with van der Waals surface area (Å²) in [5, 5.41) is 0. The molecule has 0 saturated carbocycles. The van der Waals surface area contributed by atoms with Crippen LogP contribution in [-0.2, 0) is 0 Å². The summed E-state index contributed by atoms with van der Waals surface area (Å²) in [5.41, 5.74) is 2.55. The van der Waals surface area contributed by atoms with Crippen molar-refractivity contribution in [1.29, 1.82) is 0 Å². The third-order valence-electron chi connectivity index (χ3n) is 3.29. The largest absolute Gasteiger partial charge is 0.490 e. The van der Waals surface area contributed by atoms with E-state index in [0.29, 0.717) is 12.2 Å². The lowest BCUT2D eigenvalue weighted by Gasteiger charge is -2.20. The first kappa shape index (κ1) is 16.3. The Morgan fingerprint density at radius 3 is 2.55 bits per heavy atom. The summed E-state index contributed by atoms with van der Waals surface area (Å²) in [6, 6.07) is 13.0. The SMILES string of the molecule is C=CCOc1ccc(C(=O)N(C)c2ccc(Br)cc2C)cc1. The molecule has 0 heterocycles. The highest BCUT2D eigenvalue weighted by atomic mass is 79.9. The van der Waals surface area contributed by atoms with Gasteiger partial charge in [0.25, 0.3) is 5.91 Å². The molecule has 0 aliphatic rings. The van der Waals surface area contributed by atoms with E-state index in [1.807, 2.05) is 25.1 Å². The third kappa shape index (κ3) is 3.77. The van der Waals surface area contributed by atoms with Crippen molar-refractivity contribution in [1.82, 2.24) is 0 Å². The number of halogens is 1. The maximum Gasteiger partial charge on any atom is 0.258 e. The van der Waals surface area contributed by atoms with Crippen molar-refractivity contribution in [3.05, 3.63) is 70.7 Å². The molecule has 0 atom stereocenters. The maximum atomic E-state index is 12.6. The zero-order chi connectivity index (χ0) is 16.1. The van der Waals surface area contributed by atoms with Crippen molar-refractivity contribution >= 4 is 27.5 Å². The summed E-state index contributed by atoms with van der Waals surface area (Å²) in [5.74, 6) is 0.666. The van der Waals surface area contributed by atoms with E-state index >= 15 is 0 Å². The predicted molar refractivity (Wildman–Crippen MR) is 93.7 cm³/mol. The summed E-state index contributed by atoms with van der Waals surface area (Å²) < 4.78 is 6.42. The molecular formula is C18H18BrNO2. The van der Waals surface area contributed by atoms with E-state index in [2.05, 4.69) is 22.5 Å². The molecule has 0 aliphatic heterocycles. The van der Waals surface area contributed by atoms with Crippen LogP contribution in [0.1, 0.15) is 15.9 Å². The second-order valence-electron chi connectivity index (χ2n) is 4.92. The zero-order valence-corrected chi connectivity index (χ0v) is 14.3. The summed E-state index contributed by atoms with van der Waals surface area (Å²) in [6.07, 6.45) is 1.68. The van der Waals surface area contributed by atoms with Gasteiger partial charge in [0.1, 0.15) is 12.4 Å². The molecule has 0 radical (unpaired) electrons. The Morgan fingerprint density at radius 1 is 1.27 bits per heavy atom. The van der Waals surface area contributed by atoms with Crippen molar-refractivity contribution in [2.45, 2.75) is 6.92 Å². The molecule has 0 unspecified atom stereocenters. The summed E-state index contributed by atoms with van der Waals surface area (Å²) >= 11 is 3.43. The standard InChI is InChI=1S/C18H18BrNO2/c1-4-11-22-16-8-5-14(6-9-16)18(21)20(3)17-10-7-15(19)12-13(17)2/h4-10,12H,1,11H2,2-3H3. The molecule has 0 saturated heterocycles. The van der Waals surface area contributed by atoms with Crippen LogP contribution in [-0.4, -0.2) is 19.6 Å². The van der Waals surface area contributed by atoms with Gasteiger partial charge in [0, 0.05) is 22.8 Å². The number of aryl methyl sites for hydroxylation is 1. The Kier molecular flexibility index (Phi) is 5.39. The number of rotatable bonds is 5. The Hall–Kier alpha value is -2.07. The van der Waals surface area contributed by atoms with Gasteiger partial charge in [0.2, 0.25) is 0 Å². The van der Waals surface area contributed by atoms with E-state index in [9.17, 15) is 4.79 Å². The van der Waals surface area contributed by atoms with E-state index < -0.39 is 0 Å². The summed E-state index contributed by atoms with van der Waals surface area (Å²) in [6.45, 7) is 6.04. The van der Waals surface area contributed by atoms with Crippen molar-refractivity contribution in [3.63, 3.8) is 0 Å². The number of amides is 1. The molecule has 2 aromatic rings. The first-order valence-corrected chi connectivity index (χ1v) is 7.70. The van der Waals surface area contributed by atoms with Gasteiger partial charge in [0.05, 0.1) is 0 Å². The number of benzene rings is 2. The number of carbonyl (C=O) groups is 1. The first-order valence-electron chi connectivity index (χ1n) is 6.91. The fourth-order valence-electron chi connectivity index (χ4n) is 2.15. The number of hydrogen-bond donors (Lipinski definition) is 0. The Morgan fingerprint density at radius 2 is 1.95 bits per heavy atom. The predicted octanol–water partition coefficient (Wildman–Crippen LogP) is 4.60. The Bertz CT molecular complexity index is 680. The van der Waals surface area contributed by atoms with Crippen LogP contribution in [0.3, 0.4) is 0 Å². The highest BCUT2D eigenvalue weighted by molar-refractivity contribution is 9.10. The van der Waals surface area contributed by atoms with Crippen LogP contribution < -0.4 is 9.64 Å². The Labute approximate surface area is 139 Å². The highest BCUT2D eigenvalue weighted by Crippen LogP contribution is 2.24. The van der Waals surface area contributed by atoms with Gasteiger partial charge in [-0.05, 0) is 55.0 Å². The number of anilines is 1. The van der Waals surface area contributed by atoms with Crippen LogP contribution in [0.2, 0.25) is 0 Å². The number of carbonyl (C=O) groups excluding carboxylic acids is 1. The van der Waals surface area contributed by atoms with E-state index in [4.69, 9.17) is 4.74 Å². The molecule has 2 aromatic carbocycles.